The lowest BCUT2D eigenvalue weighted by atomic mass is 10.1. The molecular weight excluding hydrogens is 342 g/mol. The van der Waals surface area contributed by atoms with Crippen LogP contribution in [-0.4, -0.2) is 59.2 Å². The molecule has 1 aliphatic heterocycles. The standard InChI is InChI=1S/C14H14ClN3O6/c1-24-14(23)18-7-6-17(13(18)22)12(21)16-10(11(19)20)8-2-4-9(15)5-3-8/h2-5,10H,6-7H2,1H3,(H,16,21)(H,19,20). The number of halogens is 1. The average Bonchev–Trinajstić information content (AvgIpc) is 2.94. The highest BCUT2D eigenvalue weighted by Crippen LogP contribution is 2.18. The number of rotatable bonds is 3. The maximum atomic E-state index is 12.2. The number of urea groups is 2. The third-order valence-corrected chi connectivity index (χ3v) is 3.62. The highest BCUT2D eigenvalue weighted by Gasteiger charge is 2.38. The third-order valence-electron chi connectivity index (χ3n) is 3.37. The summed E-state index contributed by atoms with van der Waals surface area (Å²) in [6, 6.07) is 2.71. The first kappa shape index (κ1) is 17.5. The molecule has 1 atom stereocenters. The monoisotopic (exact) mass is 355 g/mol. The molecule has 1 saturated heterocycles. The molecule has 1 aromatic carbocycles. The summed E-state index contributed by atoms with van der Waals surface area (Å²) in [6.45, 7) is -0.0929. The van der Waals surface area contributed by atoms with E-state index in [1.165, 1.54) is 24.3 Å². The van der Waals surface area contributed by atoms with Gasteiger partial charge in [-0.1, -0.05) is 23.7 Å². The van der Waals surface area contributed by atoms with Gasteiger partial charge in [0.15, 0.2) is 6.04 Å². The Morgan fingerprint density at radius 2 is 1.79 bits per heavy atom. The number of imide groups is 2. The zero-order chi connectivity index (χ0) is 17.9. The van der Waals surface area contributed by atoms with Crippen LogP contribution >= 0.6 is 11.6 Å². The van der Waals surface area contributed by atoms with Gasteiger partial charge in [0.1, 0.15) is 0 Å². The Morgan fingerprint density at radius 1 is 1.21 bits per heavy atom. The number of carbonyl (C=O) groups excluding carboxylic acids is 3. The second kappa shape index (κ2) is 7.18. The van der Waals surface area contributed by atoms with Crippen molar-refractivity contribution in [1.29, 1.82) is 0 Å². The predicted octanol–water partition coefficient (Wildman–Crippen LogP) is 1.68. The summed E-state index contributed by atoms with van der Waals surface area (Å²) >= 11 is 5.75. The molecule has 2 N–H and O–H groups in total. The lowest BCUT2D eigenvalue weighted by Crippen LogP contribution is -2.46. The second-order valence-corrected chi connectivity index (χ2v) is 5.26. The van der Waals surface area contributed by atoms with Crippen LogP contribution in [0, 0.1) is 0 Å². The Labute approximate surface area is 141 Å². The number of carboxylic acids is 1. The molecule has 0 bridgehead atoms. The summed E-state index contributed by atoms with van der Waals surface area (Å²) in [4.78, 5) is 48.5. The number of ether oxygens (including phenoxy) is 1. The number of methoxy groups -OCH3 is 1. The first-order chi connectivity index (χ1) is 11.3. The molecule has 5 amide bonds. The van der Waals surface area contributed by atoms with E-state index in [0.29, 0.717) is 5.02 Å². The Balaban J connectivity index is 2.12. The van der Waals surface area contributed by atoms with Crippen LogP contribution in [0.2, 0.25) is 5.02 Å². The molecule has 0 aliphatic carbocycles. The fraction of sp³-hybridized carbons (Fsp3) is 0.286. The fourth-order valence-corrected chi connectivity index (χ4v) is 2.28. The molecule has 0 radical (unpaired) electrons. The van der Waals surface area contributed by atoms with E-state index in [1.807, 2.05) is 0 Å². The Kier molecular flexibility index (Phi) is 5.24. The Bertz CT molecular complexity index is 678. The van der Waals surface area contributed by atoms with Gasteiger partial charge in [0, 0.05) is 5.02 Å². The number of aliphatic carboxylic acids is 1. The van der Waals surface area contributed by atoms with E-state index >= 15 is 0 Å². The molecule has 1 fully saturated rings. The molecular formula is C14H14ClN3O6. The molecule has 9 nitrogen and oxygen atoms in total. The van der Waals surface area contributed by atoms with Gasteiger partial charge >= 0.3 is 24.1 Å². The molecule has 1 heterocycles. The summed E-state index contributed by atoms with van der Waals surface area (Å²) in [5.74, 6) is -1.30. The minimum Gasteiger partial charge on any atom is -0.479 e. The van der Waals surface area contributed by atoms with Crippen molar-refractivity contribution in [3.63, 3.8) is 0 Å². The Hall–Kier alpha value is -2.81. The fourth-order valence-electron chi connectivity index (χ4n) is 2.15. The predicted molar refractivity (Wildman–Crippen MR) is 81.6 cm³/mol. The number of benzene rings is 1. The number of carboxylic acid groups (broad SMARTS) is 1. The lowest BCUT2D eigenvalue weighted by molar-refractivity contribution is -0.139. The van der Waals surface area contributed by atoms with E-state index in [4.69, 9.17) is 11.6 Å². The van der Waals surface area contributed by atoms with Gasteiger partial charge in [-0.2, -0.15) is 0 Å². The van der Waals surface area contributed by atoms with Gasteiger partial charge in [-0.15, -0.1) is 0 Å². The number of nitrogens with zero attached hydrogens (tertiary/aromatic N) is 2. The summed E-state index contributed by atoms with van der Waals surface area (Å²) in [6.07, 6.45) is -0.886. The van der Waals surface area contributed by atoms with E-state index in [-0.39, 0.29) is 18.7 Å². The Morgan fingerprint density at radius 3 is 2.33 bits per heavy atom. The summed E-state index contributed by atoms with van der Waals surface area (Å²) in [5.41, 5.74) is 0.289. The number of amides is 5. The van der Waals surface area contributed by atoms with Crippen LogP contribution < -0.4 is 5.32 Å². The van der Waals surface area contributed by atoms with Crippen molar-refractivity contribution in [3.8, 4) is 0 Å². The molecule has 0 saturated carbocycles. The van der Waals surface area contributed by atoms with Crippen LogP contribution in [-0.2, 0) is 9.53 Å². The average molecular weight is 356 g/mol. The van der Waals surface area contributed by atoms with Crippen LogP contribution in [0.3, 0.4) is 0 Å². The molecule has 0 aromatic heterocycles. The minimum atomic E-state index is -1.37. The first-order valence-electron chi connectivity index (χ1n) is 6.81. The summed E-state index contributed by atoms with van der Waals surface area (Å²) in [5, 5.41) is 12.0. The van der Waals surface area contributed by atoms with E-state index < -0.39 is 30.2 Å². The molecule has 24 heavy (non-hydrogen) atoms. The molecule has 2 rings (SSSR count). The maximum absolute atomic E-state index is 12.2. The van der Waals surface area contributed by atoms with Gasteiger partial charge in [-0.25, -0.2) is 29.0 Å². The van der Waals surface area contributed by atoms with Crippen molar-refractivity contribution >= 4 is 35.7 Å². The van der Waals surface area contributed by atoms with Crippen molar-refractivity contribution < 1.29 is 29.0 Å². The maximum Gasteiger partial charge on any atom is 0.417 e. The van der Waals surface area contributed by atoms with E-state index in [2.05, 4.69) is 10.1 Å². The number of carbonyl (C=O) groups is 4. The van der Waals surface area contributed by atoms with Crippen molar-refractivity contribution in [2.75, 3.05) is 20.2 Å². The third kappa shape index (κ3) is 3.57. The van der Waals surface area contributed by atoms with E-state index in [9.17, 15) is 24.3 Å². The highest BCUT2D eigenvalue weighted by atomic mass is 35.5. The highest BCUT2D eigenvalue weighted by molar-refractivity contribution is 6.30. The van der Waals surface area contributed by atoms with Crippen molar-refractivity contribution in [2.24, 2.45) is 0 Å². The van der Waals surface area contributed by atoms with Crippen LogP contribution in [0.5, 0.6) is 0 Å². The van der Waals surface area contributed by atoms with Crippen molar-refractivity contribution in [3.05, 3.63) is 34.9 Å². The molecule has 1 aliphatic rings. The van der Waals surface area contributed by atoms with Crippen molar-refractivity contribution in [2.45, 2.75) is 6.04 Å². The minimum absolute atomic E-state index is 0.0301. The first-order valence-corrected chi connectivity index (χ1v) is 7.18. The smallest absolute Gasteiger partial charge is 0.417 e. The van der Waals surface area contributed by atoms with Crippen LogP contribution in [0.1, 0.15) is 11.6 Å². The van der Waals surface area contributed by atoms with Gasteiger partial charge in [0.05, 0.1) is 20.2 Å². The van der Waals surface area contributed by atoms with Crippen molar-refractivity contribution in [1.82, 2.24) is 15.1 Å². The van der Waals surface area contributed by atoms with E-state index in [0.717, 1.165) is 16.9 Å². The van der Waals surface area contributed by atoms with Gasteiger partial charge in [0.2, 0.25) is 0 Å². The largest absolute Gasteiger partial charge is 0.479 e. The van der Waals surface area contributed by atoms with E-state index in [1.54, 1.807) is 0 Å². The zero-order valence-electron chi connectivity index (χ0n) is 12.6. The molecule has 10 heteroatoms. The van der Waals surface area contributed by atoms with Crippen LogP contribution in [0.15, 0.2) is 24.3 Å². The van der Waals surface area contributed by atoms with Gasteiger partial charge in [0.25, 0.3) is 0 Å². The van der Waals surface area contributed by atoms with Gasteiger partial charge in [-0.05, 0) is 17.7 Å². The quantitative estimate of drug-likeness (QED) is 0.852. The molecule has 128 valence electrons. The zero-order valence-corrected chi connectivity index (χ0v) is 13.3. The molecule has 1 unspecified atom stereocenters. The number of hydrogen-bond acceptors (Lipinski definition) is 5. The summed E-state index contributed by atoms with van der Waals surface area (Å²) < 4.78 is 4.43. The number of nitrogens with one attached hydrogen (secondary N) is 1. The second-order valence-electron chi connectivity index (χ2n) is 4.83. The van der Waals surface area contributed by atoms with Gasteiger partial charge < -0.3 is 15.2 Å². The molecule has 1 aromatic rings. The number of hydrogen-bond donors (Lipinski definition) is 2. The van der Waals surface area contributed by atoms with Crippen LogP contribution in [0.4, 0.5) is 14.4 Å². The molecule has 0 spiro atoms. The lowest BCUT2D eigenvalue weighted by Gasteiger charge is -2.20. The topological polar surface area (TPSA) is 116 Å². The normalized spacial score (nSPS) is 15.2. The summed E-state index contributed by atoms with van der Waals surface area (Å²) in [7, 11) is 1.11. The van der Waals surface area contributed by atoms with Crippen LogP contribution in [0.25, 0.3) is 0 Å². The van der Waals surface area contributed by atoms with Gasteiger partial charge in [-0.3, -0.25) is 0 Å². The SMILES string of the molecule is COC(=O)N1CCN(C(=O)NC(C(=O)O)c2ccc(Cl)cc2)C1=O.